The topological polar surface area (TPSA) is 47.6 Å². The molecule has 0 saturated carbocycles. The van der Waals surface area contributed by atoms with Crippen LogP contribution < -0.4 is 10.1 Å². The summed E-state index contributed by atoms with van der Waals surface area (Å²) in [6, 6.07) is 7.27. The summed E-state index contributed by atoms with van der Waals surface area (Å²) in [6.07, 6.45) is 1.77. The summed E-state index contributed by atoms with van der Waals surface area (Å²) in [5.74, 6) is 0.767. The van der Waals surface area contributed by atoms with Crippen molar-refractivity contribution >= 4 is 5.78 Å². The maximum absolute atomic E-state index is 12.5. The smallest absolute Gasteiger partial charge is 0.183 e. The Kier molecular flexibility index (Phi) is 4.93. The second-order valence-corrected chi connectivity index (χ2v) is 4.76. The fourth-order valence-electron chi connectivity index (χ4n) is 2.28. The third-order valence-corrected chi connectivity index (χ3v) is 3.35. The van der Waals surface area contributed by atoms with Crippen molar-refractivity contribution in [2.75, 3.05) is 20.3 Å². The highest BCUT2D eigenvalue weighted by Gasteiger charge is 2.31. The van der Waals surface area contributed by atoms with Crippen molar-refractivity contribution < 1.29 is 14.3 Å². The van der Waals surface area contributed by atoms with Gasteiger partial charge in [0.25, 0.3) is 0 Å². The monoisotopic (exact) mass is 263 g/mol. The van der Waals surface area contributed by atoms with Gasteiger partial charge in [-0.25, -0.2) is 0 Å². The van der Waals surface area contributed by atoms with Gasteiger partial charge in [-0.15, -0.1) is 0 Å². The molecule has 0 aliphatic carbocycles. The Balaban J connectivity index is 2.10. The van der Waals surface area contributed by atoms with Crippen molar-refractivity contribution in [2.24, 2.45) is 0 Å². The number of benzene rings is 1. The lowest BCUT2D eigenvalue weighted by Gasteiger charge is -2.13. The molecule has 1 aromatic rings. The van der Waals surface area contributed by atoms with Crippen LogP contribution in [0.25, 0.3) is 0 Å². The average Bonchev–Trinajstić information content (AvgIpc) is 2.93. The Morgan fingerprint density at radius 2 is 2.21 bits per heavy atom. The number of ether oxygens (including phenoxy) is 2. The van der Waals surface area contributed by atoms with Crippen LogP contribution in [0.2, 0.25) is 0 Å². The van der Waals surface area contributed by atoms with E-state index in [1.54, 1.807) is 7.11 Å². The van der Waals surface area contributed by atoms with E-state index in [2.05, 4.69) is 5.32 Å². The minimum Gasteiger partial charge on any atom is -0.493 e. The molecule has 1 aliphatic heterocycles. The molecule has 4 heteroatoms. The Hall–Kier alpha value is -1.39. The van der Waals surface area contributed by atoms with Crippen molar-refractivity contribution in [1.29, 1.82) is 0 Å². The van der Waals surface area contributed by atoms with Gasteiger partial charge in [-0.05, 0) is 25.0 Å². The molecule has 2 unspecified atom stereocenters. The van der Waals surface area contributed by atoms with Gasteiger partial charge in [0.05, 0.1) is 24.3 Å². The summed E-state index contributed by atoms with van der Waals surface area (Å²) in [7, 11) is 1.68. The molecule has 0 spiro atoms. The van der Waals surface area contributed by atoms with E-state index in [0.29, 0.717) is 17.9 Å². The SMILES string of the molecule is CCCOc1ccccc1C(=O)C1CC(OC)CN1. The number of hydrogen-bond donors (Lipinski definition) is 1. The van der Waals surface area contributed by atoms with Crippen LogP contribution >= 0.6 is 0 Å². The van der Waals surface area contributed by atoms with Gasteiger partial charge in [-0.3, -0.25) is 4.79 Å². The first-order chi connectivity index (χ1) is 9.26. The first-order valence-electron chi connectivity index (χ1n) is 6.78. The number of carbonyl (C=O) groups is 1. The molecule has 1 aliphatic rings. The lowest BCUT2D eigenvalue weighted by atomic mass is 10.0. The number of hydrogen-bond acceptors (Lipinski definition) is 4. The van der Waals surface area contributed by atoms with Crippen molar-refractivity contribution in [3.63, 3.8) is 0 Å². The van der Waals surface area contributed by atoms with Crippen LogP contribution in [-0.4, -0.2) is 38.2 Å². The summed E-state index contributed by atoms with van der Waals surface area (Å²) >= 11 is 0. The maximum Gasteiger partial charge on any atom is 0.183 e. The van der Waals surface area contributed by atoms with Crippen molar-refractivity contribution in [3.05, 3.63) is 29.8 Å². The molecule has 0 amide bonds. The number of rotatable bonds is 6. The average molecular weight is 263 g/mol. The van der Waals surface area contributed by atoms with E-state index < -0.39 is 0 Å². The third-order valence-electron chi connectivity index (χ3n) is 3.35. The van der Waals surface area contributed by atoms with Gasteiger partial charge in [0.2, 0.25) is 0 Å². The molecular formula is C15H21NO3. The summed E-state index contributed by atoms with van der Waals surface area (Å²) in [5.41, 5.74) is 0.658. The largest absolute Gasteiger partial charge is 0.493 e. The van der Waals surface area contributed by atoms with Gasteiger partial charge in [0.1, 0.15) is 5.75 Å². The molecule has 1 saturated heterocycles. The van der Waals surface area contributed by atoms with E-state index in [0.717, 1.165) is 19.4 Å². The minimum atomic E-state index is -0.170. The van der Waals surface area contributed by atoms with Crippen LogP contribution in [0.4, 0.5) is 0 Å². The van der Waals surface area contributed by atoms with Crippen LogP contribution in [0, 0.1) is 0 Å². The van der Waals surface area contributed by atoms with Crippen LogP contribution in [0.15, 0.2) is 24.3 Å². The Bertz CT molecular complexity index is 433. The van der Waals surface area contributed by atoms with Crippen molar-refractivity contribution in [2.45, 2.75) is 31.9 Å². The van der Waals surface area contributed by atoms with E-state index in [9.17, 15) is 4.79 Å². The molecule has 1 fully saturated rings. The van der Waals surface area contributed by atoms with Gasteiger partial charge in [0, 0.05) is 13.7 Å². The van der Waals surface area contributed by atoms with E-state index >= 15 is 0 Å². The van der Waals surface area contributed by atoms with Gasteiger partial charge in [0.15, 0.2) is 5.78 Å². The number of ketones is 1. The second-order valence-electron chi connectivity index (χ2n) is 4.76. The number of Topliss-reactive ketones (excluding diaryl/α,β-unsaturated/α-hetero) is 1. The molecule has 1 aromatic carbocycles. The summed E-state index contributed by atoms with van der Waals surface area (Å²) in [4.78, 5) is 12.5. The van der Waals surface area contributed by atoms with Crippen molar-refractivity contribution in [1.82, 2.24) is 5.32 Å². The molecular weight excluding hydrogens is 242 g/mol. The highest BCUT2D eigenvalue weighted by Crippen LogP contribution is 2.23. The highest BCUT2D eigenvalue weighted by atomic mass is 16.5. The molecule has 0 aromatic heterocycles. The van der Waals surface area contributed by atoms with E-state index in [1.165, 1.54) is 0 Å². The standard InChI is InChI=1S/C15H21NO3/c1-3-8-19-14-7-5-4-6-12(14)15(17)13-9-11(18-2)10-16-13/h4-7,11,13,16H,3,8-10H2,1-2H3. The zero-order valence-electron chi connectivity index (χ0n) is 11.5. The number of methoxy groups -OCH3 is 1. The molecule has 4 nitrogen and oxygen atoms in total. The highest BCUT2D eigenvalue weighted by molar-refractivity contribution is 6.02. The molecule has 19 heavy (non-hydrogen) atoms. The Morgan fingerprint density at radius 1 is 1.42 bits per heavy atom. The number of carbonyl (C=O) groups excluding carboxylic acids is 1. The van der Waals surface area contributed by atoms with Gasteiger partial charge in [-0.2, -0.15) is 0 Å². The molecule has 1 N–H and O–H groups in total. The lowest BCUT2D eigenvalue weighted by molar-refractivity contribution is 0.0915. The Labute approximate surface area is 114 Å². The fourth-order valence-corrected chi connectivity index (χ4v) is 2.28. The number of nitrogens with one attached hydrogen (secondary N) is 1. The van der Waals surface area contributed by atoms with Crippen LogP contribution in [-0.2, 0) is 4.74 Å². The summed E-state index contributed by atoms with van der Waals surface area (Å²) in [5, 5.41) is 3.21. The molecule has 2 rings (SSSR count). The first kappa shape index (κ1) is 14.0. The predicted octanol–water partition coefficient (Wildman–Crippen LogP) is 2.04. The van der Waals surface area contributed by atoms with Gasteiger partial charge >= 0.3 is 0 Å². The fraction of sp³-hybridized carbons (Fsp3) is 0.533. The van der Waals surface area contributed by atoms with E-state index in [-0.39, 0.29) is 17.9 Å². The van der Waals surface area contributed by atoms with Crippen molar-refractivity contribution in [3.8, 4) is 5.75 Å². The summed E-state index contributed by atoms with van der Waals surface area (Å²) in [6.45, 7) is 3.40. The van der Waals surface area contributed by atoms with Gasteiger partial charge in [-0.1, -0.05) is 19.1 Å². The second kappa shape index (κ2) is 6.68. The lowest BCUT2D eigenvalue weighted by Crippen LogP contribution is -2.31. The molecule has 2 atom stereocenters. The third kappa shape index (κ3) is 3.33. The molecule has 104 valence electrons. The number of para-hydroxylation sites is 1. The Morgan fingerprint density at radius 3 is 2.89 bits per heavy atom. The zero-order valence-corrected chi connectivity index (χ0v) is 11.5. The van der Waals surface area contributed by atoms with Gasteiger partial charge < -0.3 is 14.8 Å². The first-order valence-corrected chi connectivity index (χ1v) is 6.78. The van der Waals surface area contributed by atoms with Crippen LogP contribution in [0.3, 0.4) is 0 Å². The normalized spacial score (nSPS) is 22.4. The summed E-state index contributed by atoms with van der Waals surface area (Å²) < 4.78 is 10.9. The maximum atomic E-state index is 12.5. The van der Waals surface area contributed by atoms with Crippen LogP contribution in [0.5, 0.6) is 5.75 Å². The quantitative estimate of drug-likeness (QED) is 0.798. The minimum absolute atomic E-state index is 0.0891. The molecule has 0 radical (unpaired) electrons. The van der Waals surface area contributed by atoms with Crippen LogP contribution in [0.1, 0.15) is 30.1 Å². The van der Waals surface area contributed by atoms with E-state index in [4.69, 9.17) is 9.47 Å². The van der Waals surface area contributed by atoms with E-state index in [1.807, 2.05) is 31.2 Å². The molecule has 1 heterocycles. The molecule has 0 bridgehead atoms. The predicted molar refractivity (Wildman–Crippen MR) is 73.8 cm³/mol. The zero-order chi connectivity index (χ0) is 13.7.